The number of carboxylic acids is 1. The Morgan fingerprint density at radius 2 is 1.89 bits per heavy atom. The van der Waals surface area contributed by atoms with Crippen molar-refractivity contribution in [1.29, 1.82) is 0 Å². The van der Waals surface area contributed by atoms with Crippen molar-refractivity contribution in [2.75, 3.05) is 6.54 Å². The standard InChI is InChI=1S/C29H34F2N2O4/c1-28(2)15-29(31,16-32-28)27(36)33-19-10-11-20(14-19)37-24-12-9-18(26(34)35)13-22(24)21-7-4-8-23(30)25(21)17-5-3-6-17/h4,7-9,12-13,17,19-20,32H,3,5-6,10-11,14-16H2,1-2H3,(H,33,36)(H,34,35)/t19-,20-,29+/m1/s1. The van der Waals surface area contributed by atoms with Crippen LogP contribution in [0.1, 0.15) is 80.6 Å². The first-order chi connectivity index (χ1) is 17.5. The van der Waals surface area contributed by atoms with E-state index in [0.29, 0.717) is 41.7 Å². The number of amides is 1. The van der Waals surface area contributed by atoms with E-state index in [1.54, 1.807) is 18.2 Å². The normalized spacial score (nSPS) is 27.0. The van der Waals surface area contributed by atoms with E-state index in [4.69, 9.17) is 4.74 Å². The highest BCUT2D eigenvalue weighted by Gasteiger charge is 2.49. The summed E-state index contributed by atoms with van der Waals surface area (Å²) in [5, 5.41) is 15.5. The zero-order valence-corrected chi connectivity index (χ0v) is 21.3. The molecular formula is C29H34F2N2O4. The predicted octanol–water partition coefficient (Wildman–Crippen LogP) is 5.35. The molecule has 2 saturated carbocycles. The third kappa shape index (κ3) is 5.21. The maximum Gasteiger partial charge on any atom is 0.335 e. The van der Waals surface area contributed by atoms with E-state index >= 15 is 4.39 Å². The molecule has 5 rings (SSSR count). The SMILES string of the molecule is CC1(C)C[C@@](F)(C(=O)N[C@@H]2CC[C@@H](Oc3ccc(C(=O)O)cc3-c3cccc(F)c3C3CCC3)C2)CN1. The lowest BCUT2D eigenvalue weighted by molar-refractivity contribution is -0.132. The molecule has 1 saturated heterocycles. The van der Waals surface area contributed by atoms with Crippen LogP contribution < -0.4 is 15.4 Å². The fourth-order valence-corrected chi connectivity index (χ4v) is 5.90. The Morgan fingerprint density at radius 3 is 2.54 bits per heavy atom. The van der Waals surface area contributed by atoms with Gasteiger partial charge in [0.25, 0.3) is 5.91 Å². The van der Waals surface area contributed by atoms with Crippen LogP contribution in [-0.4, -0.2) is 46.9 Å². The van der Waals surface area contributed by atoms with E-state index in [-0.39, 0.29) is 42.4 Å². The van der Waals surface area contributed by atoms with E-state index < -0.39 is 23.1 Å². The first kappa shape index (κ1) is 25.6. The lowest BCUT2D eigenvalue weighted by Crippen LogP contribution is -2.48. The van der Waals surface area contributed by atoms with Crippen LogP contribution >= 0.6 is 0 Å². The topological polar surface area (TPSA) is 87.7 Å². The van der Waals surface area contributed by atoms with Crippen LogP contribution in [0.25, 0.3) is 11.1 Å². The van der Waals surface area contributed by atoms with Crippen molar-refractivity contribution in [2.24, 2.45) is 0 Å². The number of halogens is 2. The average Bonchev–Trinajstić information content (AvgIpc) is 3.37. The molecule has 3 aliphatic rings. The summed E-state index contributed by atoms with van der Waals surface area (Å²) >= 11 is 0. The monoisotopic (exact) mass is 512 g/mol. The van der Waals surface area contributed by atoms with Crippen LogP contribution in [0.5, 0.6) is 5.75 Å². The van der Waals surface area contributed by atoms with Crippen LogP contribution in [0.4, 0.5) is 8.78 Å². The van der Waals surface area contributed by atoms with Crippen LogP contribution in [0, 0.1) is 5.82 Å². The molecule has 198 valence electrons. The molecule has 2 aromatic carbocycles. The van der Waals surface area contributed by atoms with E-state index in [9.17, 15) is 19.1 Å². The molecule has 0 spiro atoms. The second-order valence-corrected chi connectivity index (χ2v) is 11.4. The van der Waals surface area contributed by atoms with Crippen molar-refractivity contribution < 1.29 is 28.2 Å². The molecule has 2 aliphatic carbocycles. The van der Waals surface area contributed by atoms with Gasteiger partial charge in [0.15, 0.2) is 0 Å². The van der Waals surface area contributed by atoms with Crippen molar-refractivity contribution in [1.82, 2.24) is 10.6 Å². The van der Waals surface area contributed by atoms with Crippen LogP contribution in [0.2, 0.25) is 0 Å². The van der Waals surface area contributed by atoms with Gasteiger partial charge in [-0.25, -0.2) is 13.6 Å². The first-order valence-corrected chi connectivity index (χ1v) is 13.1. The predicted molar refractivity (Wildman–Crippen MR) is 136 cm³/mol. The summed E-state index contributed by atoms with van der Waals surface area (Å²) in [6, 6.07) is 9.35. The molecule has 3 N–H and O–H groups in total. The number of ether oxygens (including phenoxy) is 1. The molecule has 2 aromatic rings. The second-order valence-electron chi connectivity index (χ2n) is 11.4. The molecule has 1 amide bonds. The molecule has 6 nitrogen and oxygen atoms in total. The first-order valence-electron chi connectivity index (χ1n) is 13.1. The maximum atomic E-state index is 15.2. The van der Waals surface area contributed by atoms with Gasteiger partial charge in [-0.05, 0) is 80.8 Å². The Bertz CT molecular complexity index is 1210. The fourth-order valence-electron chi connectivity index (χ4n) is 5.90. The summed E-state index contributed by atoms with van der Waals surface area (Å²) in [6.07, 6.45) is 4.54. The number of hydrogen-bond donors (Lipinski definition) is 3. The molecule has 0 radical (unpaired) electrons. The van der Waals surface area contributed by atoms with Gasteiger partial charge < -0.3 is 20.5 Å². The highest BCUT2D eigenvalue weighted by atomic mass is 19.1. The minimum Gasteiger partial charge on any atom is -0.490 e. The van der Waals surface area contributed by atoms with E-state index in [0.717, 1.165) is 19.3 Å². The van der Waals surface area contributed by atoms with Gasteiger partial charge in [0.05, 0.1) is 5.56 Å². The van der Waals surface area contributed by atoms with Gasteiger partial charge in [-0.15, -0.1) is 0 Å². The minimum absolute atomic E-state index is 0.00523. The van der Waals surface area contributed by atoms with Gasteiger partial charge in [0.1, 0.15) is 17.7 Å². The molecule has 0 unspecified atom stereocenters. The zero-order valence-electron chi connectivity index (χ0n) is 21.3. The van der Waals surface area contributed by atoms with Crippen molar-refractivity contribution >= 4 is 11.9 Å². The number of carboxylic acid groups (broad SMARTS) is 1. The summed E-state index contributed by atoms with van der Waals surface area (Å²) in [5.41, 5.74) is -0.445. The van der Waals surface area contributed by atoms with E-state index in [1.165, 1.54) is 12.1 Å². The van der Waals surface area contributed by atoms with Crippen molar-refractivity contribution in [3.05, 3.63) is 53.3 Å². The van der Waals surface area contributed by atoms with Crippen molar-refractivity contribution in [3.8, 4) is 16.9 Å². The van der Waals surface area contributed by atoms with Gasteiger partial charge in [-0.2, -0.15) is 0 Å². The van der Waals surface area contributed by atoms with Gasteiger partial charge in [0.2, 0.25) is 5.67 Å². The Kier molecular flexibility index (Phi) is 6.73. The summed E-state index contributed by atoms with van der Waals surface area (Å²) in [6.45, 7) is 3.75. The molecule has 3 fully saturated rings. The Labute approximate surface area is 215 Å². The minimum atomic E-state index is -1.93. The Balaban J connectivity index is 1.35. The maximum absolute atomic E-state index is 15.2. The number of nitrogens with one attached hydrogen (secondary N) is 2. The average molecular weight is 513 g/mol. The molecule has 3 atom stereocenters. The number of alkyl halides is 1. The molecular weight excluding hydrogens is 478 g/mol. The number of aromatic carboxylic acids is 1. The molecule has 37 heavy (non-hydrogen) atoms. The van der Waals surface area contributed by atoms with Gasteiger partial charge in [0, 0.05) is 36.5 Å². The quantitative estimate of drug-likeness (QED) is 0.465. The Morgan fingerprint density at radius 1 is 1.11 bits per heavy atom. The van der Waals surface area contributed by atoms with Crippen LogP contribution in [-0.2, 0) is 4.79 Å². The third-order valence-corrected chi connectivity index (χ3v) is 8.07. The number of benzene rings is 2. The lowest BCUT2D eigenvalue weighted by atomic mass is 9.76. The summed E-state index contributed by atoms with van der Waals surface area (Å²) in [7, 11) is 0. The lowest BCUT2D eigenvalue weighted by Gasteiger charge is -2.29. The summed E-state index contributed by atoms with van der Waals surface area (Å²) in [4.78, 5) is 24.4. The van der Waals surface area contributed by atoms with Crippen LogP contribution in [0.3, 0.4) is 0 Å². The molecule has 1 heterocycles. The van der Waals surface area contributed by atoms with Gasteiger partial charge in [-0.1, -0.05) is 18.6 Å². The molecule has 0 bridgehead atoms. The van der Waals surface area contributed by atoms with Crippen molar-refractivity contribution in [3.63, 3.8) is 0 Å². The number of rotatable bonds is 7. The summed E-state index contributed by atoms with van der Waals surface area (Å²) < 4.78 is 36.5. The second kappa shape index (κ2) is 9.71. The van der Waals surface area contributed by atoms with Crippen LogP contribution in [0.15, 0.2) is 36.4 Å². The molecule has 8 heteroatoms. The number of carbonyl (C=O) groups is 2. The zero-order chi connectivity index (χ0) is 26.4. The highest BCUT2D eigenvalue weighted by Crippen LogP contribution is 2.45. The molecule has 1 aliphatic heterocycles. The fraction of sp³-hybridized carbons (Fsp3) is 0.517. The van der Waals surface area contributed by atoms with Gasteiger partial charge in [-0.3, -0.25) is 4.79 Å². The highest BCUT2D eigenvalue weighted by molar-refractivity contribution is 5.91. The largest absolute Gasteiger partial charge is 0.490 e. The van der Waals surface area contributed by atoms with Gasteiger partial charge >= 0.3 is 5.97 Å². The smallest absolute Gasteiger partial charge is 0.335 e. The summed E-state index contributed by atoms with van der Waals surface area (Å²) in [5.74, 6) is -1.36. The third-order valence-electron chi connectivity index (χ3n) is 8.07. The number of carbonyl (C=O) groups excluding carboxylic acids is 1. The van der Waals surface area contributed by atoms with E-state index in [2.05, 4.69) is 10.6 Å². The Hall–Kier alpha value is -3.00. The number of hydrogen-bond acceptors (Lipinski definition) is 4. The molecule has 0 aromatic heterocycles. The van der Waals surface area contributed by atoms with Crippen molar-refractivity contribution in [2.45, 2.75) is 88.1 Å². The van der Waals surface area contributed by atoms with E-state index in [1.807, 2.05) is 19.9 Å².